The Bertz CT molecular complexity index is 979. The molecule has 0 heterocycles. The summed E-state index contributed by atoms with van der Waals surface area (Å²) in [6.07, 6.45) is -6.58. The second kappa shape index (κ2) is 5.55. The van der Waals surface area contributed by atoms with Gasteiger partial charge >= 0.3 is 29.4 Å². The van der Waals surface area contributed by atoms with Crippen molar-refractivity contribution in [3.05, 3.63) is 42.5 Å². The van der Waals surface area contributed by atoms with E-state index in [-0.39, 0.29) is 5.39 Å². The van der Waals surface area contributed by atoms with E-state index in [1.807, 2.05) is 0 Å². The minimum atomic E-state index is -6.96. The van der Waals surface area contributed by atoms with E-state index in [2.05, 4.69) is 0 Å². The summed E-state index contributed by atoms with van der Waals surface area (Å²) in [6.45, 7) is 0. The molecule has 0 aliphatic heterocycles. The van der Waals surface area contributed by atoms with Gasteiger partial charge in [-0.15, -0.1) is 0 Å². The van der Waals surface area contributed by atoms with Crippen LogP contribution in [0.15, 0.2) is 42.5 Å². The number of halogens is 5. The quantitative estimate of drug-likeness (QED) is 0.644. The molecule has 0 atom stereocenters. The summed E-state index contributed by atoms with van der Waals surface area (Å²) in [6, 6.07) is 9.66. The van der Waals surface area contributed by atoms with E-state index in [0.29, 0.717) is 5.39 Å². The smallest absolute Gasteiger partial charge is 0.270 e. The lowest BCUT2D eigenvalue weighted by Gasteiger charge is -2.20. The molecule has 2 aromatic rings. The molecule has 0 fully saturated rings. The first-order valence-electron chi connectivity index (χ1n) is 6.01. The Morgan fingerprint density at radius 2 is 1.33 bits per heavy atom. The third kappa shape index (κ3) is 2.79. The minimum absolute atomic E-state index is 0.120. The fraction of sp³-hybridized carbons (Fsp3) is 0.167. The third-order valence-electron chi connectivity index (χ3n) is 2.96. The Morgan fingerprint density at radius 3 is 1.92 bits per heavy atom. The first-order valence-corrected chi connectivity index (χ1v) is 9.49. The molecule has 0 aromatic heterocycles. The SMILES string of the molecule is O=S(=O)(Nc1cccc2ccccc12)S(=O)(=O)C(F)(F)C(F)(F)F. The number of hydrogen-bond donors (Lipinski definition) is 1. The summed E-state index contributed by atoms with van der Waals surface area (Å²) >= 11 is 0. The molecule has 2 aromatic carbocycles. The monoisotopic (exact) mass is 389 g/mol. The van der Waals surface area contributed by atoms with E-state index < -0.39 is 35.0 Å². The number of hydrogen-bond acceptors (Lipinski definition) is 4. The van der Waals surface area contributed by atoms with Crippen LogP contribution < -0.4 is 4.72 Å². The van der Waals surface area contributed by atoms with Gasteiger partial charge in [0.05, 0.1) is 5.69 Å². The maximum absolute atomic E-state index is 13.1. The lowest BCUT2D eigenvalue weighted by Crippen LogP contribution is -2.48. The van der Waals surface area contributed by atoms with Crippen LogP contribution in [0.2, 0.25) is 0 Å². The summed E-state index contributed by atoms with van der Waals surface area (Å²) in [5, 5.41) is -5.93. The van der Waals surface area contributed by atoms with E-state index in [0.717, 1.165) is 6.07 Å². The van der Waals surface area contributed by atoms with Crippen molar-refractivity contribution >= 4 is 34.4 Å². The zero-order chi connectivity index (χ0) is 18.4. The van der Waals surface area contributed by atoms with Gasteiger partial charge in [-0.3, -0.25) is 4.72 Å². The largest absolute Gasteiger partial charge is 0.470 e. The Morgan fingerprint density at radius 1 is 0.792 bits per heavy atom. The standard InChI is InChI=1S/C12H8F5NO4S2/c13-11(14,15)12(16,17)23(19,20)24(21,22)18-10-7-3-5-8-4-1-2-6-9(8)10/h1-7,18H. The topological polar surface area (TPSA) is 80.3 Å². The lowest BCUT2D eigenvalue weighted by molar-refractivity contribution is -0.240. The predicted molar refractivity (Wildman–Crippen MR) is 76.4 cm³/mol. The number of rotatable bonds is 4. The highest BCUT2D eigenvalue weighted by Crippen LogP contribution is 2.42. The Hall–Kier alpha value is -1.95. The van der Waals surface area contributed by atoms with Crippen molar-refractivity contribution in [1.29, 1.82) is 0 Å². The van der Waals surface area contributed by atoms with Gasteiger partial charge in [0.25, 0.3) is 0 Å². The van der Waals surface area contributed by atoms with Gasteiger partial charge in [-0.05, 0) is 11.5 Å². The Labute approximate surface area is 132 Å². The Kier molecular flexibility index (Phi) is 4.25. The average molecular weight is 389 g/mol. The lowest BCUT2D eigenvalue weighted by atomic mass is 10.1. The van der Waals surface area contributed by atoms with E-state index in [1.54, 1.807) is 6.07 Å². The van der Waals surface area contributed by atoms with Crippen molar-refractivity contribution in [2.24, 2.45) is 0 Å². The van der Waals surface area contributed by atoms with Crippen molar-refractivity contribution in [2.45, 2.75) is 11.4 Å². The van der Waals surface area contributed by atoms with Crippen LogP contribution >= 0.6 is 0 Å². The number of nitrogens with one attached hydrogen (secondary N) is 1. The summed E-state index contributed by atoms with van der Waals surface area (Å²) < 4.78 is 110. The first kappa shape index (κ1) is 18.4. The zero-order valence-electron chi connectivity index (χ0n) is 11.4. The molecule has 2 rings (SSSR count). The van der Waals surface area contributed by atoms with Crippen molar-refractivity contribution in [1.82, 2.24) is 0 Å². The molecule has 0 radical (unpaired) electrons. The number of fused-ring (bicyclic) bond motifs is 1. The van der Waals surface area contributed by atoms with Gasteiger partial charge in [0.1, 0.15) is 0 Å². The molecule has 24 heavy (non-hydrogen) atoms. The second-order valence-corrected chi connectivity index (χ2v) is 9.72. The first-order chi connectivity index (χ1) is 10.8. The van der Waals surface area contributed by atoms with Crippen LogP contribution in [-0.2, 0) is 17.9 Å². The van der Waals surface area contributed by atoms with Gasteiger partial charge in [0.15, 0.2) is 0 Å². The van der Waals surface area contributed by atoms with Crippen molar-refractivity contribution in [3.63, 3.8) is 0 Å². The summed E-state index contributed by atoms with van der Waals surface area (Å²) in [4.78, 5) is 0. The third-order valence-corrected chi connectivity index (χ3v) is 7.48. The molecule has 5 nitrogen and oxygen atoms in total. The maximum Gasteiger partial charge on any atom is 0.470 e. The summed E-state index contributed by atoms with van der Waals surface area (Å²) in [5.74, 6) is 0. The molecule has 0 aliphatic carbocycles. The van der Waals surface area contributed by atoms with Crippen LogP contribution in [0.4, 0.5) is 27.6 Å². The molecule has 0 unspecified atom stereocenters. The molecule has 0 saturated carbocycles. The van der Waals surface area contributed by atoms with Gasteiger partial charge < -0.3 is 0 Å². The molecule has 0 bridgehead atoms. The molecule has 132 valence electrons. The van der Waals surface area contributed by atoms with Crippen LogP contribution in [0.25, 0.3) is 10.8 Å². The van der Waals surface area contributed by atoms with Crippen LogP contribution in [0.3, 0.4) is 0 Å². The summed E-state index contributed by atoms with van der Waals surface area (Å²) in [7, 11) is -13.1. The van der Waals surface area contributed by atoms with Crippen LogP contribution in [0, 0.1) is 0 Å². The highest BCUT2D eigenvalue weighted by atomic mass is 33.2. The highest BCUT2D eigenvalue weighted by molar-refractivity contribution is 8.68. The van der Waals surface area contributed by atoms with Crippen LogP contribution in [0.5, 0.6) is 0 Å². The molecule has 0 saturated heterocycles. The zero-order valence-corrected chi connectivity index (χ0v) is 13.0. The molecular formula is C12H8F5NO4S2. The molecule has 1 N–H and O–H groups in total. The Balaban J connectivity index is 2.56. The maximum atomic E-state index is 13.1. The van der Waals surface area contributed by atoms with Gasteiger partial charge in [0.2, 0.25) is 0 Å². The van der Waals surface area contributed by atoms with E-state index in [9.17, 15) is 38.8 Å². The van der Waals surface area contributed by atoms with E-state index in [4.69, 9.17) is 0 Å². The van der Waals surface area contributed by atoms with Crippen molar-refractivity contribution in [2.75, 3.05) is 4.72 Å². The van der Waals surface area contributed by atoms with Crippen LogP contribution in [-0.4, -0.2) is 28.3 Å². The van der Waals surface area contributed by atoms with Crippen LogP contribution in [0.1, 0.15) is 0 Å². The highest BCUT2D eigenvalue weighted by Gasteiger charge is 2.71. The number of alkyl halides is 5. The fourth-order valence-corrected chi connectivity index (χ4v) is 4.61. The van der Waals surface area contributed by atoms with E-state index >= 15 is 0 Å². The fourth-order valence-electron chi connectivity index (χ4n) is 1.78. The van der Waals surface area contributed by atoms with E-state index in [1.165, 1.54) is 35.1 Å². The van der Waals surface area contributed by atoms with Gasteiger partial charge in [-0.2, -0.15) is 30.4 Å². The van der Waals surface area contributed by atoms with Gasteiger partial charge in [0, 0.05) is 5.39 Å². The normalized spacial score (nSPS) is 13.9. The molecule has 0 spiro atoms. The van der Waals surface area contributed by atoms with Crippen molar-refractivity contribution in [3.8, 4) is 0 Å². The molecule has 0 aliphatic rings. The minimum Gasteiger partial charge on any atom is -0.270 e. The predicted octanol–water partition coefficient (Wildman–Crippen LogP) is 3.07. The molecular weight excluding hydrogens is 381 g/mol. The number of anilines is 1. The summed E-state index contributed by atoms with van der Waals surface area (Å²) in [5.41, 5.74) is -0.449. The molecule has 0 amide bonds. The van der Waals surface area contributed by atoms with Gasteiger partial charge in [-0.1, -0.05) is 36.4 Å². The molecule has 12 heteroatoms. The van der Waals surface area contributed by atoms with Crippen molar-refractivity contribution < 1.29 is 38.8 Å². The van der Waals surface area contributed by atoms with Gasteiger partial charge in [-0.25, -0.2) is 8.42 Å². The second-order valence-electron chi connectivity index (χ2n) is 4.55. The number of benzene rings is 2. The average Bonchev–Trinajstić information content (AvgIpc) is 2.45.